The fraction of sp³-hybridized carbons (Fsp3) is 0.200. The highest BCUT2D eigenvalue weighted by Crippen LogP contribution is 2.39. The number of halogens is 1. The molecule has 1 spiro atoms. The smallest absolute Gasteiger partial charge is 0.253 e. The number of Topliss-reactive ketones (excluding diaryl/α,β-unsaturated/α-hetero) is 1. The minimum Gasteiger partial charge on any atom is -0.484 e. The van der Waals surface area contributed by atoms with E-state index in [0.29, 0.717) is 36.4 Å². The van der Waals surface area contributed by atoms with Gasteiger partial charge in [-0.3, -0.25) is 9.59 Å². The van der Waals surface area contributed by atoms with Crippen LogP contribution in [0.2, 0.25) is 0 Å². The van der Waals surface area contributed by atoms with Crippen LogP contribution in [0.15, 0.2) is 72.8 Å². The van der Waals surface area contributed by atoms with Crippen molar-refractivity contribution in [2.75, 3.05) is 13.1 Å². The summed E-state index contributed by atoms with van der Waals surface area (Å²) >= 11 is 0. The summed E-state index contributed by atoms with van der Waals surface area (Å²) in [5.41, 5.74) is 2.37. The molecule has 0 aromatic heterocycles. The number of hydrogen-bond donors (Lipinski definition) is 0. The standard InChI is InChI=1S/C25H20FNO3/c26-20-11-9-18(10-12-20)17-5-7-19(8-6-17)24(29)27-14-13-25(16-27)15-22(28)21-3-1-2-4-23(21)30-25/h1-12H,13-16H2. The van der Waals surface area contributed by atoms with E-state index in [0.717, 1.165) is 11.1 Å². The van der Waals surface area contributed by atoms with E-state index in [1.54, 1.807) is 35.2 Å². The Kier molecular flexibility index (Phi) is 4.39. The van der Waals surface area contributed by atoms with E-state index in [4.69, 9.17) is 4.74 Å². The fourth-order valence-electron chi connectivity index (χ4n) is 4.32. The van der Waals surface area contributed by atoms with Gasteiger partial charge >= 0.3 is 0 Å². The number of ketones is 1. The van der Waals surface area contributed by atoms with Crippen LogP contribution in [0.1, 0.15) is 33.6 Å². The minimum absolute atomic E-state index is 0.0646. The Morgan fingerprint density at radius 1 is 0.933 bits per heavy atom. The van der Waals surface area contributed by atoms with Crippen molar-refractivity contribution in [2.24, 2.45) is 0 Å². The molecular formula is C25H20FNO3. The van der Waals surface area contributed by atoms with E-state index < -0.39 is 5.60 Å². The fourth-order valence-corrected chi connectivity index (χ4v) is 4.32. The van der Waals surface area contributed by atoms with Crippen molar-refractivity contribution in [1.82, 2.24) is 4.90 Å². The van der Waals surface area contributed by atoms with Gasteiger partial charge in [0.2, 0.25) is 0 Å². The number of ether oxygens (including phenoxy) is 1. The minimum atomic E-state index is -0.644. The lowest BCUT2D eigenvalue weighted by atomic mass is 9.89. The van der Waals surface area contributed by atoms with Crippen molar-refractivity contribution >= 4 is 11.7 Å². The van der Waals surface area contributed by atoms with Crippen molar-refractivity contribution < 1.29 is 18.7 Å². The molecule has 3 aromatic rings. The first-order chi connectivity index (χ1) is 14.5. The van der Waals surface area contributed by atoms with Gasteiger partial charge in [0, 0.05) is 18.5 Å². The topological polar surface area (TPSA) is 46.6 Å². The second-order valence-electron chi connectivity index (χ2n) is 7.94. The van der Waals surface area contributed by atoms with E-state index in [1.807, 2.05) is 30.3 Å². The van der Waals surface area contributed by atoms with Crippen molar-refractivity contribution in [1.29, 1.82) is 0 Å². The molecule has 0 aliphatic carbocycles. The molecule has 2 aliphatic rings. The summed E-state index contributed by atoms with van der Waals surface area (Å²) in [5, 5.41) is 0. The molecule has 1 unspecified atom stereocenters. The highest BCUT2D eigenvalue weighted by atomic mass is 19.1. The molecule has 5 rings (SSSR count). The third kappa shape index (κ3) is 3.26. The van der Waals surface area contributed by atoms with Crippen LogP contribution in [0.3, 0.4) is 0 Å². The summed E-state index contributed by atoms with van der Waals surface area (Å²) in [7, 11) is 0. The van der Waals surface area contributed by atoms with Gasteiger partial charge in [-0.2, -0.15) is 0 Å². The largest absolute Gasteiger partial charge is 0.484 e. The van der Waals surface area contributed by atoms with Gasteiger partial charge in [0.15, 0.2) is 5.78 Å². The number of fused-ring (bicyclic) bond motifs is 1. The van der Waals surface area contributed by atoms with Gasteiger partial charge in [0.1, 0.15) is 17.2 Å². The Labute approximate surface area is 173 Å². The maximum Gasteiger partial charge on any atom is 0.253 e. The number of benzene rings is 3. The quantitative estimate of drug-likeness (QED) is 0.623. The van der Waals surface area contributed by atoms with Gasteiger partial charge in [0.25, 0.3) is 5.91 Å². The first-order valence-corrected chi connectivity index (χ1v) is 10.00. The zero-order chi connectivity index (χ0) is 20.7. The van der Waals surface area contributed by atoms with E-state index >= 15 is 0 Å². The molecule has 5 heteroatoms. The Morgan fingerprint density at radius 2 is 1.60 bits per heavy atom. The molecule has 0 saturated carbocycles. The number of likely N-dealkylation sites (tertiary alicyclic amines) is 1. The summed E-state index contributed by atoms with van der Waals surface area (Å²) in [6.07, 6.45) is 0.920. The van der Waals surface area contributed by atoms with Crippen LogP contribution >= 0.6 is 0 Å². The lowest BCUT2D eigenvalue weighted by Crippen LogP contribution is -2.45. The maximum atomic E-state index is 13.1. The lowest BCUT2D eigenvalue weighted by Gasteiger charge is -2.34. The van der Waals surface area contributed by atoms with E-state index in [-0.39, 0.29) is 23.9 Å². The molecule has 2 heterocycles. The Morgan fingerprint density at radius 3 is 2.33 bits per heavy atom. The molecule has 1 fully saturated rings. The molecule has 1 saturated heterocycles. The van der Waals surface area contributed by atoms with Gasteiger partial charge in [-0.15, -0.1) is 0 Å². The van der Waals surface area contributed by atoms with Gasteiger partial charge in [-0.25, -0.2) is 4.39 Å². The number of rotatable bonds is 2. The van der Waals surface area contributed by atoms with E-state index in [1.165, 1.54) is 12.1 Å². The van der Waals surface area contributed by atoms with Gasteiger partial charge < -0.3 is 9.64 Å². The number of hydrogen-bond acceptors (Lipinski definition) is 3. The molecule has 1 atom stereocenters. The third-order valence-electron chi connectivity index (χ3n) is 5.91. The predicted molar refractivity (Wildman–Crippen MR) is 111 cm³/mol. The van der Waals surface area contributed by atoms with Crippen molar-refractivity contribution in [3.63, 3.8) is 0 Å². The predicted octanol–water partition coefficient (Wildman–Crippen LogP) is 4.74. The number of carbonyl (C=O) groups is 2. The van der Waals surface area contributed by atoms with Crippen LogP contribution < -0.4 is 4.74 Å². The summed E-state index contributed by atoms with van der Waals surface area (Å²) in [6, 6.07) is 20.8. The van der Waals surface area contributed by atoms with Crippen molar-refractivity contribution in [2.45, 2.75) is 18.4 Å². The third-order valence-corrected chi connectivity index (χ3v) is 5.91. The summed E-state index contributed by atoms with van der Waals surface area (Å²) < 4.78 is 19.3. The first-order valence-electron chi connectivity index (χ1n) is 10.00. The summed E-state index contributed by atoms with van der Waals surface area (Å²) in [4.78, 5) is 27.4. The second-order valence-corrected chi connectivity index (χ2v) is 7.94. The summed E-state index contributed by atoms with van der Waals surface area (Å²) in [5.74, 6) is 0.313. The Hall–Kier alpha value is -3.47. The number of carbonyl (C=O) groups excluding carboxylic acids is 2. The molecule has 2 aliphatic heterocycles. The van der Waals surface area contributed by atoms with Crippen LogP contribution in [-0.2, 0) is 0 Å². The molecule has 4 nitrogen and oxygen atoms in total. The van der Waals surface area contributed by atoms with Gasteiger partial charge in [0.05, 0.1) is 18.5 Å². The Bertz CT molecular complexity index is 1120. The van der Waals surface area contributed by atoms with Gasteiger partial charge in [-0.1, -0.05) is 36.4 Å². The molecule has 1 amide bonds. The molecule has 0 bridgehead atoms. The summed E-state index contributed by atoms with van der Waals surface area (Å²) in [6.45, 7) is 0.944. The van der Waals surface area contributed by atoms with E-state index in [9.17, 15) is 14.0 Å². The van der Waals surface area contributed by atoms with Crippen LogP contribution in [-0.4, -0.2) is 35.3 Å². The van der Waals surface area contributed by atoms with Crippen LogP contribution in [0.25, 0.3) is 11.1 Å². The molecule has 150 valence electrons. The normalized spacial score (nSPS) is 20.2. The molecule has 0 radical (unpaired) electrons. The van der Waals surface area contributed by atoms with Crippen LogP contribution in [0, 0.1) is 5.82 Å². The Balaban J connectivity index is 1.32. The average molecular weight is 401 g/mol. The number of nitrogens with zero attached hydrogens (tertiary/aromatic N) is 1. The number of amides is 1. The van der Waals surface area contributed by atoms with Crippen molar-refractivity contribution in [3.8, 4) is 16.9 Å². The number of para-hydroxylation sites is 1. The molecular weight excluding hydrogens is 381 g/mol. The van der Waals surface area contributed by atoms with Crippen molar-refractivity contribution in [3.05, 3.63) is 89.7 Å². The zero-order valence-corrected chi connectivity index (χ0v) is 16.3. The molecule has 0 N–H and O–H groups in total. The molecule has 3 aromatic carbocycles. The first kappa shape index (κ1) is 18.6. The maximum absolute atomic E-state index is 13.1. The van der Waals surface area contributed by atoms with Crippen LogP contribution in [0.4, 0.5) is 4.39 Å². The lowest BCUT2D eigenvalue weighted by molar-refractivity contribution is 0.0428. The average Bonchev–Trinajstić information content (AvgIpc) is 3.17. The molecule has 30 heavy (non-hydrogen) atoms. The highest BCUT2D eigenvalue weighted by Gasteiger charge is 2.47. The van der Waals surface area contributed by atoms with Gasteiger partial charge in [-0.05, 0) is 47.5 Å². The van der Waals surface area contributed by atoms with E-state index in [2.05, 4.69) is 0 Å². The SMILES string of the molecule is O=C1CC2(CCN(C(=O)c3ccc(-c4ccc(F)cc4)cc3)C2)Oc2ccccc21. The highest BCUT2D eigenvalue weighted by molar-refractivity contribution is 6.00. The monoisotopic (exact) mass is 401 g/mol. The van der Waals surface area contributed by atoms with Crippen LogP contribution in [0.5, 0.6) is 5.75 Å². The second kappa shape index (κ2) is 7.10. The zero-order valence-electron chi connectivity index (χ0n) is 16.3.